The van der Waals surface area contributed by atoms with Gasteiger partial charge in [0, 0.05) is 18.5 Å². The van der Waals surface area contributed by atoms with Gasteiger partial charge in [0.25, 0.3) is 5.91 Å². The molecule has 1 unspecified atom stereocenters. The van der Waals surface area contributed by atoms with E-state index in [2.05, 4.69) is 15.4 Å². The Labute approximate surface area is 161 Å². The van der Waals surface area contributed by atoms with Gasteiger partial charge in [0.1, 0.15) is 7.05 Å². The molecule has 2 heterocycles. The van der Waals surface area contributed by atoms with Crippen molar-refractivity contribution in [3.05, 3.63) is 46.2 Å². The first-order valence-corrected chi connectivity index (χ1v) is 8.17. The molecule has 0 bridgehead atoms. The van der Waals surface area contributed by atoms with Crippen molar-refractivity contribution in [1.82, 2.24) is 15.0 Å². The number of rotatable bonds is 3. The van der Waals surface area contributed by atoms with Crippen LogP contribution >= 0.6 is 23.2 Å². The van der Waals surface area contributed by atoms with Crippen molar-refractivity contribution in [2.75, 3.05) is 14.2 Å². The third-order valence-electron chi connectivity index (χ3n) is 3.98. The number of aliphatic imine (C=N–C) groups is 1. The Morgan fingerprint density at radius 2 is 1.85 bits per heavy atom. The molecular formula is C16H12Cl2F3N4O2+. The molecule has 0 saturated heterocycles. The monoisotopic (exact) mass is 419 g/mol. The van der Waals surface area contributed by atoms with E-state index in [0.29, 0.717) is 0 Å². The lowest BCUT2D eigenvalue weighted by Crippen LogP contribution is -2.65. The summed E-state index contributed by atoms with van der Waals surface area (Å²) in [5.74, 6) is -2.01. The van der Waals surface area contributed by atoms with Gasteiger partial charge in [-0.15, -0.1) is 4.59 Å². The van der Waals surface area contributed by atoms with E-state index in [1.807, 2.05) is 0 Å². The number of amides is 1. The van der Waals surface area contributed by atoms with E-state index >= 15 is 0 Å². The van der Waals surface area contributed by atoms with Gasteiger partial charge in [0.05, 0.1) is 22.7 Å². The zero-order valence-electron chi connectivity index (χ0n) is 13.9. The zero-order chi connectivity index (χ0) is 20.0. The van der Waals surface area contributed by atoms with Gasteiger partial charge in [-0.3, -0.25) is 9.78 Å². The van der Waals surface area contributed by atoms with Crippen LogP contribution in [0, 0.1) is 0 Å². The highest BCUT2D eigenvalue weighted by atomic mass is 35.5. The molecule has 0 saturated carbocycles. The highest BCUT2D eigenvalue weighted by Crippen LogP contribution is 2.47. The molecule has 1 aromatic heterocycles. The van der Waals surface area contributed by atoms with E-state index in [-0.39, 0.29) is 32.7 Å². The van der Waals surface area contributed by atoms with Crippen LogP contribution < -0.4 is 14.8 Å². The highest BCUT2D eigenvalue weighted by Gasteiger charge is 2.57. The van der Waals surface area contributed by atoms with Crippen LogP contribution in [-0.4, -0.2) is 37.1 Å². The number of pyridine rings is 1. The van der Waals surface area contributed by atoms with Crippen LogP contribution in [0.25, 0.3) is 0 Å². The average molecular weight is 420 g/mol. The van der Waals surface area contributed by atoms with Gasteiger partial charge in [0.15, 0.2) is 17.1 Å². The summed E-state index contributed by atoms with van der Waals surface area (Å²) in [5.41, 5.74) is 2.18. The smallest absolute Gasteiger partial charge is 0.490 e. The molecule has 3 rings (SSSR count). The number of alkyl halides is 3. The number of carbonyl (C=O) groups is 1. The van der Waals surface area contributed by atoms with Crippen molar-refractivity contribution < 1.29 is 22.7 Å². The molecule has 0 spiro atoms. The van der Waals surface area contributed by atoms with Crippen LogP contribution in [0.3, 0.4) is 0 Å². The number of hydrogen-bond acceptors (Lipinski definition) is 4. The Kier molecular flexibility index (Phi) is 4.79. The van der Waals surface area contributed by atoms with Gasteiger partial charge < -0.3 is 4.74 Å². The van der Waals surface area contributed by atoms with Crippen LogP contribution in [0.4, 0.5) is 24.5 Å². The second kappa shape index (κ2) is 6.66. The average Bonchev–Trinajstić information content (AvgIpc) is 2.87. The second-order valence-electron chi connectivity index (χ2n) is 5.69. The predicted octanol–water partition coefficient (Wildman–Crippen LogP) is 4.29. The van der Waals surface area contributed by atoms with Crippen LogP contribution in [0.15, 0.2) is 35.6 Å². The van der Waals surface area contributed by atoms with Gasteiger partial charge in [-0.1, -0.05) is 29.3 Å². The fourth-order valence-corrected chi connectivity index (χ4v) is 3.32. The normalized spacial score (nSPS) is 18.7. The van der Waals surface area contributed by atoms with Gasteiger partial charge >= 0.3 is 12.0 Å². The molecule has 6 nitrogen and oxygen atoms in total. The predicted molar refractivity (Wildman–Crippen MR) is 95.6 cm³/mol. The van der Waals surface area contributed by atoms with Gasteiger partial charge in [-0.2, -0.15) is 23.6 Å². The van der Waals surface area contributed by atoms with Crippen molar-refractivity contribution in [3.8, 4) is 5.75 Å². The summed E-state index contributed by atoms with van der Waals surface area (Å²) in [6, 6.07) is 4.39. The summed E-state index contributed by atoms with van der Waals surface area (Å²) in [6.45, 7) is 0. The van der Waals surface area contributed by atoms with Crippen LogP contribution in [0.2, 0.25) is 10.0 Å². The Bertz CT molecular complexity index is 945. The summed E-state index contributed by atoms with van der Waals surface area (Å²) >= 11 is 11.9. The number of benzene rings is 1. The fourth-order valence-electron chi connectivity index (χ4n) is 2.79. The van der Waals surface area contributed by atoms with E-state index in [1.165, 1.54) is 37.7 Å². The lowest BCUT2D eigenvalue weighted by atomic mass is 10.2. The second-order valence-corrected chi connectivity index (χ2v) is 6.50. The molecule has 11 heteroatoms. The number of carbonyl (C=O) groups excluding carboxylic acids is 1. The van der Waals surface area contributed by atoms with E-state index in [0.717, 1.165) is 7.05 Å². The van der Waals surface area contributed by atoms with Crippen molar-refractivity contribution in [2.24, 2.45) is 4.99 Å². The number of fused-ring (bicyclic) bond motifs is 1. The number of ether oxygens (including phenoxy) is 1. The maximum absolute atomic E-state index is 13.7. The highest BCUT2D eigenvalue weighted by molar-refractivity contribution is 6.39. The maximum atomic E-state index is 13.7. The molecule has 0 fully saturated rings. The third kappa shape index (κ3) is 3.22. The molecule has 142 valence electrons. The molecule has 1 aromatic carbocycles. The molecule has 1 aliphatic rings. The van der Waals surface area contributed by atoms with Crippen LogP contribution in [0.1, 0.15) is 10.4 Å². The molecule has 27 heavy (non-hydrogen) atoms. The minimum absolute atomic E-state index is 0.0259. The first-order valence-electron chi connectivity index (χ1n) is 7.41. The quantitative estimate of drug-likeness (QED) is 0.754. The van der Waals surface area contributed by atoms with Gasteiger partial charge in [-0.05, 0) is 6.07 Å². The van der Waals surface area contributed by atoms with Crippen molar-refractivity contribution >= 4 is 46.3 Å². The van der Waals surface area contributed by atoms with Gasteiger partial charge in [-0.25, -0.2) is 0 Å². The van der Waals surface area contributed by atoms with E-state index in [9.17, 15) is 18.0 Å². The Hall–Kier alpha value is -2.36. The number of methoxy groups -OCH3 is 1. The molecule has 1 amide bonds. The van der Waals surface area contributed by atoms with E-state index in [1.54, 1.807) is 0 Å². The molecular weight excluding hydrogens is 408 g/mol. The van der Waals surface area contributed by atoms with Gasteiger partial charge in [0.2, 0.25) is 0 Å². The Balaban J connectivity index is 2.13. The minimum atomic E-state index is -4.82. The molecule has 1 N–H and O–H groups in total. The SMILES string of the molecule is COc1cccc2c1N=C(C(F)(F)F)[N+]2(C)NC(=O)c1c(Cl)cncc1Cl. The van der Waals surface area contributed by atoms with E-state index in [4.69, 9.17) is 27.9 Å². The summed E-state index contributed by atoms with van der Waals surface area (Å²) < 4.78 is 45.0. The summed E-state index contributed by atoms with van der Waals surface area (Å²) in [4.78, 5) is 20.1. The standard InChI is InChI=1S/C16H11Cl2F3N4O2/c1-25(24-14(26)12-8(17)6-22-7-9(12)18)10-4-3-5-11(27-2)13(10)23-15(25)16(19,20)21/h3-7H,1-2H3/p+1. The number of hydrogen-bond donors (Lipinski definition) is 1. The summed E-state index contributed by atoms with van der Waals surface area (Å²) in [7, 11) is 2.47. The van der Waals surface area contributed by atoms with E-state index < -0.39 is 22.5 Å². The lowest BCUT2D eigenvalue weighted by Gasteiger charge is -2.30. The van der Waals surface area contributed by atoms with Crippen LogP contribution in [-0.2, 0) is 0 Å². The number of nitrogens with one attached hydrogen (secondary N) is 1. The number of amidine groups is 1. The first kappa shape index (κ1) is 19.4. The first-order chi connectivity index (χ1) is 12.6. The topological polar surface area (TPSA) is 63.6 Å². The molecule has 0 aliphatic carbocycles. The molecule has 1 aliphatic heterocycles. The number of aromatic nitrogens is 1. The number of nitrogens with zero attached hydrogens (tertiary/aromatic N) is 3. The minimum Gasteiger partial charge on any atom is -0.494 e. The number of para-hydroxylation sites is 1. The number of halogens is 5. The molecule has 0 radical (unpaired) electrons. The van der Waals surface area contributed by atoms with Crippen molar-refractivity contribution in [2.45, 2.75) is 6.18 Å². The molecule has 2 aromatic rings. The van der Waals surface area contributed by atoms with Crippen molar-refractivity contribution in [1.29, 1.82) is 0 Å². The number of quaternary nitrogens is 1. The largest absolute Gasteiger partial charge is 0.494 e. The molecule has 1 atom stereocenters. The maximum Gasteiger partial charge on any atom is 0.490 e. The summed E-state index contributed by atoms with van der Waals surface area (Å²) in [6.07, 6.45) is -2.48. The third-order valence-corrected chi connectivity index (χ3v) is 4.55. The van der Waals surface area contributed by atoms with Crippen molar-refractivity contribution in [3.63, 3.8) is 0 Å². The Morgan fingerprint density at radius 1 is 1.22 bits per heavy atom. The Morgan fingerprint density at radius 3 is 2.41 bits per heavy atom. The fraction of sp³-hybridized carbons (Fsp3) is 0.188. The lowest BCUT2D eigenvalue weighted by molar-refractivity contribution is -0.0680. The zero-order valence-corrected chi connectivity index (χ0v) is 15.4. The summed E-state index contributed by atoms with van der Waals surface area (Å²) in [5, 5.41) is -0.190. The van der Waals surface area contributed by atoms with Crippen LogP contribution in [0.5, 0.6) is 5.75 Å².